The molecule has 9 heteroatoms. The number of aryl methyl sites for hydroxylation is 1. The lowest BCUT2D eigenvalue weighted by molar-refractivity contribution is 0.311. The minimum absolute atomic E-state index is 0.159. The Labute approximate surface area is 118 Å². The zero-order valence-corrected chi connectivity index (χ0v) is 13.3. The molecular formula is C9H14BrN3O3S2. The number of sulfonamides is 1. The molecule has 102 valence electrons. The van der Waals surface area contributed by atoms with Gasteiger partial charge in [0.15, 0.2) is 5.84 Å². The van der Waals surface area contributed by atoms with Crippen LogP contribution in [0, 0.1) is 6.92 Å². The van der Waals surface area contributed by atoms with Crippen LogP contribution in [-0.4, -0.2) is 36.9 Å². The fourth-order valence-electron chi connectivity index (χ4n) is 1.32. The molecule has 0 fully saturated rings. The van der Waals surface area contributed by atoms with Crippen LogP contribution in [-0.2, 0) is 10.0 Å². The second kappa shape index (κ2) is 5.55. The second-order valence-corrected chi connectivity index (χ2v) is 8.29. The van der Waals surface area contributed by atoms with Gasteiger partial charge in [-0.15, -0.1) is 11.3 Å². The van der Waals surface area contributed by atoms with E-state index in [1.807, 2.05) is 0 Å². The Hall–Kier alpha value is -0.640. The van der Waals surface area contributed by atoms with E-state index in [0.717, 1.165) is 8.09 Å². The SMILES string of the molecule is Cc1sc(Br)cc1S(=O)(=O)N(C)C(C)C(N)=NO. The number of halogens is 1. The highest BCUT2D eigenvalue weighted by molar-refractivity contribution is 9.11. The lowest BCUT2D eigenvalue weighted by Gasteiger charge is -2.22. The Morgan fingerprint density at radius 1 is 1.67 bits per heavy atom. The summed E-state index contributed by atoms with van der Waals surface area (Å²) in [6.45, 7) is 3.27. The first-order valence-electron chi connectivity index (χ1n) is 4.93. The van der Waals surface area contributed by atoms with Crippen molar-refractivity contribution < 1.29 is 13.6 Å². The molecule has 0 saturated heterocycles. The van der Waals surface area contributed by atoms with Gasteiger partial charge < -0.3 is 10.9 Å². The van der Waals surface area contributed by atoms with Crippen molar-refractivity contribution in [3.63, 3.8) is 0 Å². The molecule has 6 nitrogen and oxygen atoms in total. The topological polar surface area (TPSA) is 96.0 Å². The predicted octanol–water partition coefficient (Wildman–Crippen LogP) is 1.57. The van der Waals surface area contributed by atoms with E-state index in [1.54, 1.807) is 19.9 Å². The maximum absolute atomic E-state index is 12.3. The molecule has 0 aromatic carbocycles. The van der Waals surface area contributed by atoms with Crippen molar-refractivity contribution in [1.82, 2.24) is 4.31 Å². The summed E-state index contributed by atoms with van der Waals surface area (Å²) in [5.74, 6) is -0.159. The van der Waals surface area contributed by atoms with E-state index < -0.39 is 16.1 Å². The Bertz CT molecular complexity index is 568. The number of likely N-dealkylation sites (N-methyl/N-ethyl adjacent to an activating group) is 1. The Morgan fingerprint density at radius 2 is 2.22 bits per heavy atom. The van der Waals surface area contributed by atoms with Gasteiger partial charge in [-0.25, -0.2) is 8.42 Å². The molecule has 0 aliphatic carbocycles. The molecule has 1 unspecified atom stereocenters. The molecule has 1 aromatic rings. The zero-order chi connectivity index (χ0) is 14.1. The van der Waals surface area contributed by atoms with E-state index in [-0.39, 0.29) is 10.7 Å². The van der Waals surface area contributed by atoms with Gasteiger partial charge in [0.25, 0.3) is 0 Å². The molecule has 0 saturated carbocycles. The van der Waals surface area contributed by atoms with Gasteiger partial charge in [-0.05, 0) is 35.8 Å². The van der Waals surface area contributed by atoms with Crippen molar-refractivity contribution in [2.24, 2.45) is 10.9 Å². The fraction of sp³-hybridized carbons (Fsp3) is 0.444. The van der Waals surface area contributed by atoms with Gasteiger partial charge in [-0.2, -0.15) is 4.31 Å². The summed E-state index contributed by atoms with van der Waals surface area (Å²) in [7, 11) is -2.27. The molecule has 0 radical (unpaired) electrons. The predicted molar refractivity (Wildman–Crippen MR) is 74.6 cm³/mol. The molecule has 0 spiro atoms. The van der Waals surface area contributed by atoms with Crippen LogP contribution in [0.3, 0.4) is 0 Å². The number of rotatable bonds is 4. The van der Waals surface area contributed by atoms with Gasteiger partial charge >= 0.3 is 0 Å². The van der Waals surface area contributed by atoms with Gasteiger partial charge in [0.1, 0.15) is 0 Å². The van der Waals surface area contributed by atoms with E-state index in [1.165, 1.54) is 18.4 Å². The van der Waals surface area contributed by atoms with Crippen LogP contribution in [0.1, 0.15) is 11.8 Å². The standard InChI is InChI=1S/C9H14BrN3O3S2/c1-5(9(11)12-14)13(3)18(15,16)7-4-8(10)17-6(7)2/h4-5,14H,1-3H3,(H2,11,12). The largest absolute Gasteiger partial charge is 0.409 e. The van der Waals surface area contributed by atoms with Crippen LogP contribution in [0.2, 0.25) is 0 Å². The van der Waals surface area contributed by atoms with E-state index in [0.29, 0.717) is 4.88 Å². The van der Waals surface area contributed by atoms with Gasteiger partial charge in [0, 0.05) is 11.9 Å². The highest BCUT2D eigenvalue weighted by Crippen LogP contribution is 2.31. The van der Waals surface area contributed by atoms with E-state index in [4.69, 9.17) is 10.9 Å². The van der Waals surface area contributed by atoms with Crippen molar-refractivity contribution in [2.75, 3.05) is 7.05 Å². The minimum atomic E-state index is -3.66. The van der Waals surface area contributed by atoms with Crippen LogP contribution >= 0.6 is 27.3 Å². The summed E-state index contributed by atoms with van der Waals surface area (Å²) in [6, 6.07) is 0.822. The van der Waals surface area contributed by atoms with Crippen molar-refractivity contribution >= 4 is 43.1 Å². The Balaban J connectivity index is 3.19. The number of thiophene rings is 1. The number of nitrogens with zero attached hydrogens (tertiary/aromatic N) is 2. The monoisotopic (exact) mass is 355 g/mol. The summed E-state index contributed by atoms with van der Waals surface area (Å²) in [6.07, 6.45) is 0. The van der Waals surface area contributed by atoms with Gasteiger partial charge in [0.2, 0.25) is 10.0 Å². The molecule has 3 N–H and O–H groups in total. The molecule has 0 aliphatic rings. The summed E-state index contributed by atoms with van der Waals surface area (Å²) in [4.78, 5) is 0.903. The number of hydrogen-bond donors (Lipinski definition) is 2. The normalized spacial score (nSPS) is 15.1. The average Bonchev–Trinajstić information content (AvgIpc) is 2.66. The van der Waals surface area contributed by atoms with Crippen LogP contribution in [0.4, 0.5) is 0 Å². The van der Waals surface area contributed by atoms with Crippen molar-refractivity contribution in [1.29, 1.82) is 0 Å². The Morgan fingerprint density at radius 3 is 2.61 bits per heavy atom. The molecule has 18 heavy (non-hydrogen) atoms. The number of hydrogen-bond acceptors (Lipinski definition) is 5. The van der Waals surface area contributed by atoms with Crippen LogP contribution in [0.25, 0.3) is 0 Å². The molecule has 0 aliphatic heterocycles. The summed E-state index contributed by atoms with van der Waals surface area (Å²) in [5.41, 5.74) is 5.42. The molecule has 0 amide bonds. The highest BCUT2D eigenvalue weighted by Gasteiger charge is 2.30. The maximum Gasteiger partial charge on any atom is 0.244 e. The van der Waals surface area contributed by atoms with Crippen molar-refractivity contribution in [3.05, 3.63) is 14.7 Å². The van der Waals surface area contributed by atoms with Gasteiger partial charge in [-0.3, -0.25) is 0 Å². The second-order valence-electron chi connectivity index (χ2n) is 3.69. The first kappa shape index (κ1) is 15.4. The molecule has 1 heterocycles. The first-order chi connectivity index (χ1) is 8.21. The third-order valence-electron chi connectivity index (χ3n) is 2.59. The minimum Gasteiger partial charge on any atom is -0.409 e. The summed E-state index contributed by atoms with van der Waals surface area (Å²) >= 11 is 4.59. The number of nitrogens with two attached hydrogens (primary N) is 1. The van der Waals surface area contributed by atoms with E-state index in [2.05, 4.69) is 21.1 Å². The number of oxime groups is 1. The molecular weight excluding hydrogens is 342 g/mol. The first-order valence-corrected chi connectivity index (χ1v) is 7.98. The smallest absolute Gasteiger partial charge is 0.244 e. The van der Waals surface area contributed by atoms with Gasteiger partial charge in [0.05, 0.1) is 14.7 Å². The molecule has 0 bridgehead atoms. The number of amidine groups is 1. The molecule has 1 atom stereocenters. The zero-order valence-electron chi connectivity index (χ0n) is 10.1. The lowest BCUT2D eigenvalue weighted by Crippen LogP contribution is -2.43. The maximum atomic E-state index is 12.3. The molecule has 1 aromatic heterocycles. The van der Waals surface area contributed by atoms with Crippen LogP contribution in [0.15, 0.2) is 19.9 Å². The third kappa shape index (κ3) is 2.85. The summed E-state index contributed by atoms with van der Waals surface area (Å²) < 4.78 is 26.5. The average molecular weight is 356 g/mol. The fourth-order valence-corrected chi connectivity index (χ4v) is 5.04. The highest BCUT2D eigenvalue weighted by atomic mass is 79.9. The summed E-state index contributed by atoms with van der Waals surface area (Å²) in [5, 5.41) is 11.4. The van der Waals surface area contributed by atoms with Crippen LogP contribution in [0.5, 0.6) is 0 Å². The van der Waals surface area contributed by atoms with Crippen LogP contribution < -0.4 is 5.73 Å². The van der Waals surface area contributed by atoms with Gasteiger partial charge in [-0.1, -0.05) is 5.16 Å². The van der Waals surface area contributed by atoms with Crippen molar-refractivity contribution in [2.45, 2.75) is 24.8 Å². The van der Waals surface area contributed by atoms with E-state index in [9.17, 15) is 8.42 Å². The van der Waals surface area contributed by atoms with Crippen molar-refractivity contribution in [3.8, 4) is 0 Å². The Kier molecular flexibility index (Phi) is 4.76. The lowest BCUT2D eigenvalue weighted by atomic mass is 10.3. The van der Waals surface area contributed by atoms with E-state index >= 15 is 0 Å². The quantitative estimate of drug-likeness (QED) is 0.370. The molecule has 1 rings (SSSR count). The third-order valence-corrected chi connectivity index (χ3v) is 6.33.